The topological polar surface area (TPSA) is 98.5 Å². The van der Waals surface area contributed by atoms with E-state index in [1.807, 2.05) is 0 Å². The summed E-state index contributed by atoms with van der Waals surface area (Å²) >= 11 is 0. The Labute approximate surface area is 109 Å². The molecule has 19 heavy (non-hydrogen) atoms. The van der Waals surface area contributed by atoms with Crippen LogP contribution in [-0.4, -0.2) is 30.0 Å². The number of benzene rings is 1. The zero-order chi connectivity index (χ0) is 14.4. The van der Waals surface area contributed by atoms with Crippen LogP contribution in [0.2, 0.25) is 0 Å². The molecule has 0 saturated heterocycles. The summed E-state index contributed by atoms with van der Waals surface area (Å²) < 4.78 is 4.56. The molecule has 102 valence electrons. The Balaban J connectivity index is 2.99. The average Bonchev–Trinajstić information content (AvgIpc) is 2.36. The highest BCUT2D eigenvalue weighted by Gasteiger charge is 2.24. The van der Waals surface area contributed by atoms with E-state index in [2.05, 4.69) is 10.1 Å². The maximum atomic E-state index is 11.5. The van der Waals surface area contributed by atoms with Crippen molar-refractivity contribution in [1.29, 1.82) is 0 Å². The van der Waals surface area contributed by atoms with Crippen LogP contribution in [0.1, 0.15) is 12.5 Å². The predicted molar refractivity (Wildman–Crippen MR) is 66.4 cm³/mol. The minimum Gasteiger partial charge on any atom is -0.467 e. The van der Waals surface area contributed by atoms with Crippen LogP contribution in [0.25, 0.3) is 0 Å². The first-order chi connectivity index (χ1) is 8.95. The molecule has 1 amide bonds. The van der Waals surface area contributed by atoms with Gasteiger partial charge in [0.1, 0.15) is 6.04 Å². The number of nitrogens with zero attached hydrogens (tertiary/aromatic N) is 1. The van der Waals surface area contributed by atoms with Crippen molar-refractivity contribution in [3.8, 4) is 0 Å². The number of carbonyl (C=O) groups excluding carboxylic acids is 2. The first-order valence-electron chi connectivity index (χ1n) is 5.53. The molecule has 0 saturated carbocycles. The summed E-state index contributed by atoms with van der Waals surface area (Å²) in [6.07, 6.45) is 0.00338. The Kier molecular flexibility index (Phi) is 4.99. The molecular weight excluding hydrogens is 252 g/mol. The molecule has 0 aromatic heterocycles. The van der Waals surface area contributed by atoms with Crippen molar-refractivity contribution in [3.05, 3.63) is 39.9 Å². The molecule has 0 bridgehead atoms. The molecule has 0 spiro atoms. The van der Waals surface area contributed by atoms with Gasteiger partial charge < -0.3 is 10.1 Å². The molecule has 0 heterocycles. The SMILES string of the molecule is COC(=O)[C@@H](Cc1ccccc1[N+](=O)[O-])NC(C)=O. The van der Waals surface area contributed by atoms with Crippen molar-refractivity contribution in [1.82, 2.24) is 5.32 Å². The molecule has 0 aliphatic heterocycles. The van der Waals surface area contributed by atoms with Gasteiger partial charge in [-0.25, -0.2) is 4.79 Å². The van der Waals surface area contributed by atoms with Gasteiger partial charge in [-0.2, -0.15) is 0 Å². The fraction of sp³-hybridized carbons (Fsp3) is 0.333. The Hall–Kier alpha value is -2.44. The lowest BCUT2D eigenvalue weighted by Crippen LogP contribution is -2.42. The molecule has 1 aromatic rings. The molecule has 7 heteroatoms. The fourth-order valence-corrected chi connectivity index (χ4v) is 1.66. The number of para-hydroxylation sites is 1. The number of hydrogen-bond acceptors (Lipinski definition) is 5. The number of esters is 1. The summed E-state index contributed by atoms with van der Waals surface area (Å²) in [6, 6.07) is 5.11. The summed E-state index contributed by atoms with van der Waals surface area (Å²) in [5.41, 5.74) is 0.262. The summed E-state index contributed by atoms with van der Waals surface area (Å²) in [4.78, 5) is 32.9. The van der Waals surface area contributed by atoms with Gasteiger partial charge in [0, 0.05) is 25.0 Å². The molecule has 1 rings (SSSR count). The van der Waals surface area contributed by atoms with Crippen LogP contribution in [0.3, 0.4) is 0 Å². The van der Waals surface area contributed by atoms with E-state index in [-0.39, 0.29) is 12.1 Å². The molecule has 0 unspecified atom stereocenters. The Morgan fingerprint density at radius 1 is 1.42 bits per heavy atom. The number of nitrogens with one attached hydrogen (secondary N) is 1. The number of rotatable bonds is 5. The zero-order valence-electron chi connectivity index (χ0n) is 10.6. The predicted octanol–water partition coefficient (Wildman–Crippen LogP) is 0.815. The fourth-order valence-electron chi connectivity index (χ4n) is 1.66. The van der Waals surface area contributed by atoms with Gasteiger partial charge in [0.05, 0.1) is 12.0 Å². The number of ether oxygens (including phenoxy) is 1. The molecule has 0 aliphatic rings. The molecule has 1 N–H and O–H groups in total. The minimum atomic E-state index is -0.941. The van der Waals surface area contributed by atoms with E-state index in [0.29, 0.717) is 5.56 Å². The van der Waals surface area contributed by atoms with E-state index in [1.165, 1.54) is 32.2 Å². The van der Waals surface area contributed by atoms with Gasteiger partial charge in [-0.05, 0) is 0 Å². The third-order valence-electron chi connectivity index (χ3n) is 2.48. The van der Waals surface area contributed by atoms with E-state index >= 15 is 0 Å². The maximum absolute atomic E-state index is 11.5. The molecule has 0 fully saturated rings. The highest BCUT2D eigenvalue weighted by Crippen LogP contribution is 2.19. The van der Waals surface area contributed by atoms with Crippen molar-refractivity contribution in [2.24, 2.45) is 0 Å². The number of nitro groups is 1. The second kappa shape index (κ2) is 6.48. The van der Waals surface area contributed by atoms with Crippen LogP contribution in [0, 0.1) is 10.1 Å². The number of nitro benzene ring substituents is 1. The van der Waals surface area contributed by atoms with E-state index in [1.54, 1.807) is 6.07 Å². The average molecular weight is 266 g/mol. The van der Waals surface area contributed by atoms with E-state index < -0.39 is 22.8 Å². The molecule has 7 nitrogen and oxygen atoms in total. The largest absolute Gasteiger partial charge is 0.467 e. The minimum absolute atomic E-state index is 0.00338. The van der Waals surface area contributed by atoms with Crippen LogP contribution in [0.4, 0.5) is 5.69 Å². The smallest absolute Gasteiger partial charge is 0.328 e. The maximum Gasteiger partial charge on any atom is 0.328 e. The van der Waals surface area contributed by atoms with Gasteiger partial charge in [0.2, 0.25) is 5.91 Å². The van der Waals surface area contributed by atoms with Crippen LogP contribution in [0.15, 0.2) is 24.3 Å². The van der Waals surface area contributed by atoms with Crippen LogP contribution in [0.5, 0.6) is 0 Å². The second-order valence-electron chi connectivity index (χ2n) is 3.87. The van der Waals surface area contributed by atoms with Crippen molar-refractivity contribution in [3.63, 3.8) is 0 Å². The third kappa shape index (κ3) is 4.06. The lowest BCUT2D eigenvalue weighted by Gasteiger charge is -2.15. The van der Waals surface area contributed by atoms with Crippen molar-refractivity contribution >= 4 is 17.6 Å². The van der Waals surface area contributed by atoms with E-state index in [9.17, 15) is 19.7 Å². The molecule has 0 aliphatic carbocycles. The van der Waals surface area contributed by atoms with Crippen LogP contribution in [-0.2, 0) is 20.7 Å². The number of methoxy groups -OCH3 is 1. The highest BCUT2D eigenvalue weighted by molar-refractivity contribution is 5.83. The molecular formula is C12H14N2O5. The Bertz CT molecular complexity index is 501. The highest BCUT2D eigenvalue weighted by atomic mass is 16.6. The first-order valence-corrected chi connectivity index (χ1v) is 5.53. The van der Waals surface area contributed by atoms with Gasteiger partial charge in [-0.15, -0.1) is 0 Å². The Morgan fingerprint density at radius 3 is 2.58 bits per heavy atom. The normalized spacial score (nSPS) is 11.5. The van der Waals surface area contributed by atoms with E-state index in [4.69, 9.17) is 0 Å². The lowest BCUT2D eigenvalue weighted by atomic mass is 10.0. The first kappa shape index (κ1) is 14.6. The number of amides is 1. The monoisotopic (exact) mass is 266 g/mol. The Morgan fingerprint density at radius 2 is 2.05 bits per heavy atom. The molecule has 0 radical (unpaired) electrons. The number of hydrogen-bond donors (Lipinski definition) is 1. The quantitative estimate of drug-likeness (QED) is 0.483. The molecule has 1 atom stereocenters. The van der Waals surface area contributed by atoms with Gasteiger partial charge >= 0.3 is 5.97 Å². The summed E-state index contributed by atoms with van der Waals surface area (Å²) in [6.45, 7) is 1.26. The van der Waals surface area contributed by atoms with Crippen LogP contribution >= 0.6 is 0 Å². The second-order valence-corrected chi connectivity index (χ2v) is 3.87. The van der Waals surface area contributed by atoms with Gasteiger partial charge in [0.15, 0.2) is 0 Å². The summed E-state index contributed by atoms with van der Waals surface area (Å²) in [5, 5.41) is 13.3. The van der Waals surface area contributed by atoms with Gasteiger partial charge in [-0.1, -0.05) is 18.2 Å². The lowest BCUT2D eigenvalue weighted by molar-refractivity contribution is -0.385. The van der Waals surface area contributed by atoms with Crippen molar-refractivity contribution < 1.29 is 19.2 Å². The third-order valence-corrected chi connectivity index (χ3v) is 2.48. The summed E-state index contributed by atoms with van der Waals surface area (Å²) in [7, 11) is 1.19. The van der Waals surface area contributed by atoms with Gasteiger partial charge in [-0.3, -0.25) is 14.9 Å². The van der Waals surface area contributed by atoms with Gasteiger partial charge in [0.25, 0.3) is 5.69 Å². The van der Waals surface area contributed by atoms with Crippen molar-refractivity contribution in [2.75, 3.05) is 7.11 Å². The zero-order valence-corrected chi connectivity index (χ0v) is 10.6. The van der Waals surface area contributed by atoms with Crippen molar-refractivity contribution in [2.45, 2.75) is 19.4 Å². The number of carbonyl (C=O) groups is 2. The van der Waals surface area contributed by atoms with Crippen LogP contribution < -0.4 is 5.32 Å². The summed E-state index contributed by atoms with van der Waals surface area (Å²) in [5.74, 6) is -1.05. The molecule has 1 aromatic carbocycles. The van der Waals surface area contributed by atoms with E-state index in [0.717, 1.165) is 0 Å². The standard InChI is InChI=1S/C12H14N2O5/c1-8(15)13-10(12(16)19-2)7-9-5-3-4-6-11(9)14(17)18/h3-6,10H,7H2,1-2H3,(H,13,15)/t10-/m1/s1.